The van der Waals surface area contributed by atoms with Gasteiger partial charge in [0.15, 0.2) is 11.6 Å². The van der Waals surface area contributed by atoms with Crippen LogP contribution in [0.5, 0.6) is 17.2 Å². The summed E-state index contributed by atoms with van der Waals surface area (Å²) < 4.78 is 54.0. The molecule has 0 unspecified atom stereocenters. The molecule has 0 radical (unpaired) electrons. The maximum atomic E-state index is 13.3. The van der Waals surface area contributed by atoms with Crippen LogP contribution in [-0.4, -0.2) is 62.5 Å². The molecule has 3 N–H and O–H groups in total. The molecule has 3 rings (SSSR count). The largest absolute Gasteiger partial charge is 0.497 e. The number of nitrogens with zero attached hydrogens (tertiary/aromatic N) is 2. The highest BCUT2D eigenvalue weighted by Crippen LogP contribution is 2.39. The molecule has 0 fully saturated rings. The van der Waals surface area contributed by atoms with E-state index in [9.17, 15) is 27.6 Å². The Hall–Kier alpha value is -5.01. The molecule has 224 valence electrons. The van der Waals surface area contributed by atoms with Gasteiger partial charge in [0.1, 0.15) is 11.5 Å². The summed E-state index contributed by atoms with van der Waals surface area (Å²) in [5.41, 5.74) is 1.33. The Morgan fingerprint density at radius 2 is 1.76 bits per heavy atom. The minimum Gasteiger partial charge on any atom is -0.497 e. The molecule has 1 heterocycles. The van der Waals surface area contributed by atoms with Crippen LogP contribution in [0.2, 0.25) is 0 Å². The van der Waals surface area contributed by atoms with E-state index in [4.69, 9.17) is 14.2 Å². The number of aromatic amines is 1. The molecule has 14 heteroatoms. The number of aromatic nitrogens is 2. The van der Waals surface area contributed by atoms with Crippen molar-refractivity contribution < 1.29 is 41.8 Å². The highest BCUT2D eigenvalue weighted by molar-refractivity contribution is 6.13. The first-order valence-electron chi connectivity index (χ1n) is 12.5. The molecule has 11 nitrogen and oxygen atoms in total. The molecular formula is C28H30F3N5O6. The number of nitrogens with one attached hydrogen (secondary N) is 3. The van der Waals surface area contributed by atoms with Crippen molar-refractivity contribution in [3.63, 3.8) is 0 Å². The first-order chi connectivity index (χ1) is 20.0. The Labute approximate surface area is 239 Å². The van der Waals surface area contributed by atoms with Gasteiger partial charge in [0.2, 0.25) is 5.91 Å². The van der Waals surface area contributed by atoms with Gasteiger partial charge in [0.05, 0.1) is 37.6 Å². The molecule has 0 atom stereocenters. The molecular weight excluding hydrogens is 559 g/mol. The number of ether oxygens (including phenoxy) is 3. The minimum absolute atomic E-state index is 0.0403. The molecule has 0 saturated carbocycles. The molecule has 0 saturated heterocycles. The zero-order chi connectivity index (χ0) is 30.9. The maximum absolute atomic E-state index is 13.3. The third-order valence-corrected chi connectivity index (χ3v) is 6.09. The summed E-state index contributed by atoms with van der Waals surface area (Å²) in [7, 11) is 4.47. The van der Waals surface area contributed by atoms with Gasteiger partial charge in [-0.05, 0) is 48.7 Å². The molecule has 0 spiro atoms. The van der Waals surface area contributed by atoms with Crippen molar-refractivity contribution in [1.82, 2.24) is 10.2 Å². The molecule has 2 amide bonds. The van der Waals surface area contributed by atoms with Gasteiger partial charge in [0.25, 0.3) is 12.4 Å². The summed E-state index contributed by atoms with van der Waals surface area (Å²) in [5.74, 6) is -0.317. The zero-order valence-corrected chi connectivity index (χ0v) is 23.1. The normalized spacial score (nSPS) is 10.9. The molecule has 0 aliphatic carbocycles. The van der Waals surface area contributed by atoms with E-state index < -0.39 is 31.0 Å². The number of hydrogen-bond donors (Lipinski definition) is 3. The molecule has 1 aromatic heterocycles. The van der Waals surface area contributed by atoms with Crippen LogP contribution >= 0.6 is 0 Å². The van der Waals surface area contributed by atoms with Crippen molar-refractivity contribution in [2.24, 2.45) is 0 Å². The van der Waals surface area contributed by atoms with Gasteiger partial charge in [-0.25, -0.2) is 0 Å². The summed E-state index contributed by atoms with van der Waals surface area (Å²) in [6.07, 6.45) is -3.51. The van der Waals surface area contributed by atoms with E-state index in [0.29, 0.717) is 30.0 Å². The fourth-order valence-corrected chi connectivity index (χ4v) is 3.97. The van der Waals surface area contributed by atoms with E-state index in [-0.39, 0.29) is 35.0 Å². The Morgan fingerprint density at radius 1 is 1.07 bits per heavy atom. The smallest absolute Gasteiger partial charge is 0.390 e. The number of rotatable bonds is 14. The molecule has 2 aromatic carbocycles. The lowest BCUT2D eigenvalue weighted by molar-refractivity contribution is -0.132. The monoisotopic (exact) mass is 589 g/mol. The fraction of sp³-hybridized carbons (Fsp3) is 0.286. The Balaban J connectivity index is 1.84. The molecule has 3 aromatic rings. The summed E-state index contributed by atoms with van der Waals surface area (Å²) in [6.45, 7) is 2.93. The molecule has 0 bridgehead atoms. The van der Waals surface area contributed by atoms with Gasteiger partial charge >= 0.3 is 6.18 Å². The highest BCUT2D eigenvalue weighted by atomic mass is 19.4. The standard InChI is InChI=1S/C28H30F3N5O6/c1-5-24(38)33-25-21(8-9-22(26(25)42-16-37)36(2)11-10-28(29,30)31)27(39)32-23-14-18(34-35-23)7-6-17-12-19(40-3)15-20(13-17)41-4/h5,8-9,12-16H,1,6-7,10-11H2,2-4H3,(H,33,38)(H2,32,34,35,39). The van der Waals surface area contributed by atoms with Crippen LogP contribution < -0.4 is 29.7 Å². The van der Waals surface area contributed by atoms with Gasteiger partial charge in [0, 0.05) is 31.4 Å². The SMILES string of the molecule is C=CC(=O)Nc1c(C(=O)Nc2cc(CCc3cc(OC)cc(OC)c3)[nH]n2)ccc(N(C)CCC(F)(F)F)c1OC=O. The van der Waals surface area contributed by atoms with Gasteiger partial charge in [-0.1, -0.05) is 6.58 Å². The van der Waals surface area contributed by atoms with Crippen molar-refractivity contribution in [3.8, 4) is 17.2 Å². The lowest BCUT2D eigenvalue weighted by atomic mass is 10.1. The van der Waals surface area contributed by atoms with E-state index in [1.807, 2.05) is 12.1 Å². The van der Waals surface area contributed by atoms with E-state index in [1.54, 1.807) is 26.4 Å². The number of amides is 2. The number of aryl methyl sites for hydroxylation is 2. The quantitative estimate of drug-likeness (QED) is 0.185. The Morgan fingerprint density at radius 3 is 2.36 bits per heavy atom. The number of halogens is 3. The minimum atomic E-state index is -4.43. The number of methoxy groups -OCH3 is 2. The number of anilines is 3. The van der Waals surface area contributed by atoms with Crippen molar-refractivity contribution in [2.45, 2.75) is 25.4 Å². The topological polar surface area (TPSA) is 135 Å². The lowest BCUT2D eigenvalue weighted by Crippen LogP contribution is -2.25. The number of alkyl halides is 3. The summed E-state index contributed by atoms with van der Waals surface area (Å²) in [4.78, 5) is 37.9. The van der Waals surface area contributed by atoms with Gasteiger partial charge in [-0.15, -0.1) is 0 Å². The summed E-state index contributed by atoms with van der Waals surface area (Å²) >= 11 is 0. The molecule has 42 heavy (non-hydrogen) atoms. The first-order valence-corrected chi connectivity index (χ1v) is 12.5. The number of benzene rings is 2. The predicted molar refractivity (Wildman–Crippen MR) is 149 cm³/mol. The fourth-order valence-electron chi connectivity index (χ4n) is 3.97. The van der Waals surface area contributed by atoms with E-state index in [2.05, 4.69) is 27.4 Å². The van der Waals surface area contributed by atoms with Crippen LogP contribution in [0.15, 0.2) is 49.1 Å². The second kappa shape index (κ2) is 14.1. The molecule has 0 aliphatic heterocycles. The number of carbonyl (C=O) groups is 3. The average molecular weight is 590 g/mol. The summed E-state index contributed by atoms with van der Waals surface area (Å²) in [6, 6.07) is 9.74. The lowest BCUT2D eigenvalue weighted by Gasteiger charge is -2.24. The average Bonchev–Trinajstić information content (AvgIpc) is 3.41. The van der Waals surface area contributed by atoms with Gasteiger partial charge in [-0.2, -0.15) is 18.3 Å². The van der Waals surface area contributed by atoms with Crippen molar-refractivity contribution in [2.75, 3.05) is 43.3 Å². The van der Waals surface area contributed by atoms with Crippen molar-refractivity contribution >= 4 is 35.5 Å². The maximum Gasteiger partial charge on any atom is 0.390 e. The number of hydrogen-bond acceptors (Lipinski definition) is 8. The van der Waals surface area contributed by atoms with Crippen LogP contribution in [0.3, 0.4) is 0 Å². The number of carbonyl (C=O) groups excluding carboxylic acids is 3. The predicted octanol–water partition coefficient (Wildman–Crippen LogP) is 4.51. The third-order valence-electron chi connectivity index (χ3n) is 6.09. The second-order valence-corrected chi connectivity index (χ2v) is 8.98. The molecule has 0 aliphatic rings. The van der Waals surface area contributed by atoms with Gasteiger partial charge < -0.3 is 29.7 Å². The summed E-state index contributed by atoms with van der Waals surface area (Å²) in [5, 5.41) is 12.0. The number of H-pyrrole nitrogens is 1. The van der Waals surface area contributed by atoms with Crippen molar-refractivity contribution in [1.29, 1.82) is 0 Å². The van der Waals surface area contributed by atoms with Crippen LogP contribution in [0.1, 0.15) is 28.0 Å². The Kier molecular flexibility index (Phi) is 10.5. The van der Waals surface area contributed by atoms with E-state index in [1.165, 1.54) is 24.1 Å². The van der Waals surface area contributed by atoms with Gasteiger partial charge in [-0.3, -0.25) is 19.5 Å². The van der Waals surface area contributed by atoms with Crippen LogP contribution in [-0.2, 0) is 22.4 Å². The first kappa shape index (κ1) is 31.5. The zero-order valence-electron chi connectivity index (χ0n) is 23.1. The highest BCUT2D eigenvalue weighted by Gasteiger charge is 2.29. The Bertz CT molecular complexity index is 1420. The van der Waals surface area contributed by atoms with Crippen molar-refractivity contribution in [3.05, 3.63) is 65.9 Å². The van der Waals surface area contributed by atoms with Crippen LogP contribution in [0.25, 0.3) is 0 Å². The van der Waals surface area contributed by atoms with E-state index >= 15 is 0 Å². The second-order valence-electron chi connectivity index (χ2n) is 8.98. The van der Waals surface area contributed by atoms with Crippen LogP contribution in [0, 0.1) is 0 Å². The van der Waals surface area contributed by atoms with E-state index in [0.717, 1.165) is 11.6 Å². The van der Waals surface area contributed by atoms with Crippen LogP contribution in [0.4, 0.5) is 30.4 Å². The third kappa shape index (κ3) is 8.49.